The van der Waals surface area contributed by atoms with E-state index >= 15 is 0 Å². The van der Waals surface area contributed by atoms with Gasteiger partial charge in [-0.25, -0.2) is 0 Å². The zero-order valence-corrected chi connectivity index (χ0v) is 12.4. The topological polar surface area (TPSA) is 41.6 Å². The van der Waals surface area contributed by atoms with E-state index in [9.17, 15) is 4.79 Å². The van der Waals surface area contributed by atoms with Gasteiger partial charge in [-0.15, -0.1) is 12.4 Å². The third kappa shape index (κ3) is 4.08. The molecule has 1 N–H and O–H groups in total. The number of carbonyl (C=O) groups excluding carboxylic acids is 1. The second-order valence-corrected chi connectivity index (χ2v) is 4.67. The molecule has 0 unspecified atom stereocenters. The van der Waals surface area contributed by atoms with Crippen molar-refractivity contribution in [2.45, 2.75) is 6.42 Å². The van der Waals surface area contributed by atoms with E-state index in [0.29, 0.717) is 24.7 Å². The van der Waals surface area contributed by atoms with Gasteiger partial charge in [-0.3, -0.25) is 4.79 Å². The Morgan fingerprint density at radius 1 is 1.53 bits per heavy atom. The summed E-state index contributed by atoms with van der Waals surface area (Å²) in [6.07, 6.45) is 0.899. The molecule has 1 aromatic carbocycles. The second-order valence-electron chi connectivity index (χ2n) is 4.24. The van der Waals surface area contributed by atoms with Gasteiger partial charge in [0.1, 0.15) is 0 Å². The van der Waals surface area contributed by atoms with Crippen LogP contribution in [0, 0.1) is 0 Å². The van der Waals surface area contributed by atoms with Gasteiger partial charge >= 0.3 is 0 Å². The minimum absolute atomic E-state index is 0. The number of anilines is 1. The van der Waals surface area contributed by atoms with Crippen molar-refractivity contribution in [1.82, 2.24) is 5.32 Å². The lowest BCUT2D eigenvalue weighted by molar-refractivity contribution is -0.117. The molecule has 0 spiro atoms. The molecule has 2 rings (SSSR count). The number of halogens is 2. The SMILES string of the molecule is COCCNCC(=O)N1CCc2ccc(Cl)cc21.Cl. The fourth-order valence-corrected chi connectivity index (χ4v) is 2.24. The van der Waals surface area contributed by atoms with Crippen molar-refractivity contribution in [2.24, 2.45) is 0 Å². The van der Waals surface area contributed by atoms with E-state index < -0.39 is 0 Å². The fourth-order valence-electron chi connectivity index (χ4n) is 2.08. The van der Waals surface area contributed by atoms with Gasteiger partial charge < -0.3 is 15.0 Å². The van der Waals surface area contributed by atoms with Gasteiger partial charge in [-0.2, -0.15) is 0 Å². The first-order valence-corrected chi connectivity index (χ1v) is 6.38. The summed E-state index contributed by atoms with van der Waals surface area (Å²) in [5.41, 5.74) is 2.13. The fraction of sp³-hybridized carbons (Fsp3) is 0.462. The highest BCUT2D eigenvalue weighted by Gasteiger charge is 2.24. The summed E-state index contributed by atoms with van der Waals surface area (Å²) in [5.74, 6) is 0.0760. The van der Waals surface area contributed by atoms with Crippen LogP contribution in [0.1, 0.15) is 5.56 Å². The van der Waals surface area contributed by atoms with Crippen molar-refractivity contribution in [3.63, 3.8) is 0 Å². The van der Waals surface area contributed by atoms with E-state index in [2.05, 4.69) is 5.32 Å². The Hall–Kier alpha value is -0.810. The highest BCUT2D eigenvalue weighted by Crippen LogP contribution is 2.30. The molecule has 0 aromatic heterocycles. The normalized spacial score (nSPS) is 13.1. The third-order valence-corrected chi connectivity index (χ3v) is 3.24. The van der Waals surface area contributed by atoms with Gasteiger partial charge in [0.25, 0.3) is 0 Å². The maximum absolute atomic E-state index is 12.1. The largest absolute Gasteiger partial charge is 0.383 e. The Labute approximate surface area is 124 Å². The van der Waals surface area contributed by atoms with Crippen molar-refractivity contribution in [2.75, 3.05) is 38.3 Å². The summed E-state index contributed by atoms with van der Waals surface area (Å²) in [6.45, 7) is 2.35. The van der Waals surface area contributed by atoms with E-state index in [1.807, 2.05) is 18.2 Å². The molecule has 0 radical (unpaired) electrons. The molecule has 0 saturated carbocycles. The molecule has 19 heavy (non-hydrogen) atoms. The summed E-state index contributed by atoms with van der Waals surface area (Å²) in [6, 6.07) is 5.71. The number of benzene rings is 1. The number of hydrogen-bond acceptors (Lipinski definition) is 3. The number of rotatable bonds is 5. The highest BCUT2D eigenvalue weighted by atomic mass is 35.5. The lowest BCUT2D eigenvalue weighted by Gasteiger charge is -2.17. The number of nitrogens with one attached hydrogen (secondary N) is 1. The molecule has 1 amide bonds. The van der Waals surface area contributed by atoms with E-state index in [1.54, 1.807) is 12.0 Å². The predicted octanol–water partition coefficient (Wildman–Crippen LogP) is 1.89. The van der Waals surface area contributed by atoms with Crippen LogP contribution in [0.25, 0.3) is 0 Å². The van der Waals surface area contributed by atoms with Crippen LogP contribution in [-0.4, -0.2) is 39.3 Å². The molecule has 6 heteroatoms. The van der Waals surface area contributed by atoms with Crippen LogP contribution < -0.4 is 10.2 Å². The lowest BCUT2D eigenvalue weighted by atomic mass is 10.2. The average molecular weight is 305 g/mol. The summed E-state index contributed by atoms with van der Waals surface area (Å²) in [5, 5.41) is 3.73. The zero-order chi connectivity index (χ0) is 13.0. The maximum atomic E-state index is 12.1. The molecule has 4 nitrogen and oxygen atoms in total. The van der Waals surface area contributed by atoms with Crippen molar-refractivity contribution in [1.29, 1.82) is 0 Å². The second kappa shape index (κ2) is 7.70. The molecule has 0 saturated heterocycles. The van der Waals surface area contributed by atoms with Gasteiger partial charge in [-0.05, 0) is 24.1 Å². The zero-order valence-electron chi connectivity index (χ0n) is 10.8. The van der Waals surface area contributed by atoms with Crippen molar-refractivity contribution < 1.29 is 9.53 Å². The molecule has 0 bridgehead atoms. The molecular formula is C13H18Cl2N2O2. The lowest BCUT2D eigenvalue weighted by Crippen LogP contribution is -2.38. The van der Waals surface area contributed by atoms with Crippen LogP contribution >= 0.6 is 24.0 Å². The standard InChI is InChI=1S/C13H17ClN2O2.ClH/c1-18-7-5-15-9-13(17)16-6-4-10-2-3-11(14)8-12(10)16;/h2-3,8,15H,4-7,9H2,1H3;1H. The van der Waals surface area contributed by atoms with Crippen LogP contribution in [0.3, 0.4) is 0 Å². The van der Waals surface area contributed by atoms with Crippen LogP contribution in [-0.2, 0) is 16.0 Å². The first kappa shape index (κ1) is 16.2. The number of hydrogen-bond donors (Lipinski definition) is 1. The van der Waals surface area contributed by atoms with Crippen LogP contribution in [0.2, 0.25) is 5.02 Å². The number of ether oxygens (including phenoxy) is 1. The maximum Gasteiger partial charge on any atom is 0.240 e. The third-order valence-electron chi connectivity index (χ3n) is 3.00. The summed E-state index contributed by atoms with van der Waals surface area (Å²) < 4.78 is 4.92. The first-order valence-electron chi connectivity index (χ1n) is 6.01. The number of methoxy groups -OCH3 is 1. The molecule has 1 aromatic rings. The smallest absolute Gasteiger partial charge is 0.240 e. The van der Waals surface area contributed by atoms with Gasteiger partial charge in [0.05, 0.1) is 13.2 Å². The Bertz CT molecular complexity index is 441. The van der Waals surface area contributed by atoms with E-state index in [0.717, 1.165) is 18.7 Å². The molecule has 0 fully saturated rings. The van der Waals surface area contributed by atoms with Crippen molar-refractivity contribution in [3.8, 4) is 0 Å². The minimum atomic E-state index is 0. The monoisotopic (exact) mass is 304 g/mol. The van der Waals surface area contributed by atoms with Crippen LogP contribution in [0.15, 0.2) is 18.2 Å². The Kier molecular flexibility index (Phi) is 6.58. The molecule has 1 heterocycles. The number of fused-ring (bicyclic) bond motifs is 1. The molecule has 1 aliphatic heterocycles. The van der Waals surface area contributed by atoms with Crippen molar-refractivity contribution in [3.05, 3.63) is 28.8 Å². The summed E-state index contributed by atoms with van der Waals surface area (Å²) >= 11 is 5.97. The molecule has 1 aliphatic rings. The average Bonchev–Trinajstić information content (AvgIpc) is 2.77. The van der Waals surface area contributed by atoms with Crippen molar-refractivity contribution >= 4 is 35.6 Å². The molecule has 0 aliphatic carbocycles. The van der Waals surface area contributed by atoms with Gasteiger partial charge in [-0.1, -0.05) is 17.7 Å². The Morgan fingerprint density at radius 3 is 3.05 bits per heavy atom. The van der Waals surface area contributed by atoms with Gasteiger partial charge in [0.2, 0.25) is 5.91 Å². The van der Waals surface area contributed by atoms with Gasteiger partial charge in [0, 0.05) is 30.9 Å². The Morgan fingerprint density at radius 2 is 2.32 bits per heavy atom. The Balaban J connectivity index is 0.00000180. The number of carbonyl (C=O) groups is 1. The van der Waals surface area contributed by atoms with Gasteiger partial charge in [0.15, 0.2) is 0 Å². The van der Waals surface area contributed by atoms with E-state index in [-0.39, 0.29) is 18.3 Å². The van der Waals surface area contributed by atoms with E-state index in [1.165, 1.54) is 5.56 Å². The highest BCUT2D eigenvalue weighted by molar-refractivity contribution is 6.31. The van der Waals surface area contributed by atoms with Crippen LogP contribution in [0.5, 0.6) is 0 Å². The van der Waals surface area contributed by atoms with Crippen LogP contribution in [0.4, 0.5) is 5.69 Å². The minimum Gasteiger partial charge on any atom is -0.383 e. The molecular weight excluding hydrogens is 287 g/mol. The van der Waals surface area contributed by atoms with E-state index in [4.69, 9.17) is 16.3 Å². The molecule has 0 atom stereocenters. The number of amides is 1. The summed E-state index contributed by atoms with van der Waals surface area (Å²) in [4.78, 5) is 13.9. The number of nitrogens with zero attached hydrogens (tertiary/aromatic N) is 1. The first-order chi connectivity index (χ1) is 8.72. The quantitative estimate of drug-likeness (QED) is 0.845. The predicted molar refractivity (Wildman–Crippen MR) is 79.5 cm³/mol. The summed E-state index contributed by atoms with van der Waals surface area (Å²) in [7, 11) is 1.64. The molecule has 106 valence electrons.